The normalized spacial score (nSPS) is 9.00. The maximum Gasteiger partial charge on any atom is 2.00 e. The third-order valence-electron chi connectivity index (χ3n) is 0.607. The van der Waals surface area contributed by atoms with Crippen LogP contribution in [0.3, 0.4) is 0 Å². The van der Waals surface area contributed by atoms with Crippen LogP contribution in [-0.2, 0) is 0 Å². The van der Waals surface area contributed by atoms with Gasteiger partial charge in [0.2, 0.25) is 0 Å². The van der Waals surface area contributed by atoms with Crippen molar-refractivity contribution in [1.82, 2.24) is 0 Å². The SMILES string of the molecule is C[Si](C)(C)O.[Mg+2].[c-]1ccccc1. The van der Waals surface area contributed by atoms with E-state index in [9.17, 15) is 0 Å². The number of hydrogen-bond donors (Lipinski definition) is 1. The predicted molar refractivity (Wildman–Crippen MR) is 56.6 cm³/mol. The number of hydrogen-bond acceptors (Lipinski definition) is 1. The van der Waals surface area contributed by atoms with E-state index in [-0.39, 0.29) is 23.1 Å². The van der Waals surface area contributed by atoms with Crippen LogP contribution in [0.15, 0.2) is 30.3 Å². The minimum Gasteiger partial charge on any atom is -0.433 e. The Labute approximate surface area is 92.1 Å². The molecule has 1 aromatic carbocycles. The summed E-state index contributed by atoms with van der Waals surface area (Å²) in [6.07, 6.45) is 0. The third-order valence-corrected chi connectivity index (χ3v) is 0.607. The average molecular weight is 192 g/mol. The molecule has 0 aliphatic carbocycles. The van der Waals surface area contributed by atoms with E-state index in [2.05, 4.69) is 6.07 Å². The summed E-state index contributed by atoms with van der Waals surface area (Å²) in [6.45, 7) is 5.65. The van der Waals surface area contributed by atoms with Crippen LogP contribution in [0.5, 0.6) is 0 Å². The van der Waals surface area contributed by atoms with Crippen LogP contribution in [0, 0.1) is 6.07 Å². The molecule has 0 saturated carbocycles. The van der Waals surface area contributed by atoms with E-state index in [0.717, 1.165) is 0 Å². The molecule has 12 heavy (non-hydrogen) atoms. The Morgan fingerprint density at radius 3 is 1.42 bits per heavy atom. The summed E-state index contributed by atoms with van der Waals surface area (Å²) in [4.78, 5) is 8.66. The second-order valence-electron chi connectivity index (χ2n) is 3.25. The molecule has 0 atom stereocenters. The van der Waals surface area contributed by atoms with Gasteiger partial charge in [0, 0.05) is 0 Å². The second-order valence-corrected chi connectivity index (χ2v) is 7.59. The molecular weight excluding hydrogens is 176 g/mol. The van der Waals surface area contributed by atoms with Crippen molar-refractivity contribution in [2.75, 3.05) is 0 Å². The van der Waals surface area contributed by atoms with Crippen LogP contribution in [-0.4, -0.2) is 36.2 Å². The Kier molecular flexibility index (Phi) is 9.53. The first-order chi connectivity index (χ1) is 5.00. The molecule has 0 spiro atoms. The van der Waals surface area contributed by atoms with E-state index in [1.54, 1.807) is 0 Å². The Morgan fingerprint density at radius 1 is 1.00 bits per heavy atom. The molecule has 62 valence electrons. The Bertz CT molecular complexity index is 139. The molecule has 3 heteroatoms. The van der Waals surface area contributed by atoms with E-state index in [1.807, 2.05) is 50.0 Å². The molecule has 1 nitrogen and oxygen atoms in total. The van der Waals surface area contributed by atoms with Gasteiger partial charge in [0.05, 0.1) is 0 Å². The van der Waals surface area contributed by atoms with Crippen LogP contribution in [0.1, 0.15) is 0 Å². The first-order valence-corrected chi connectivity index (χ1v) is 7.08. The van der Waals surface area contributed by atoms with Gasteiger partial charge >= 0.3 is 23.1 Å². The molecule has 0 bridgehead atoms. The zero-order valence-electron chi connectivity index (χ0n) is 8.04. The summed E-state index contributed by atoms with van der Waals surface area (Å²) in [5, 5.41) is 0. The molecule has 1 rings (SSSR count). The minimum atomic E-state index is -1.61. The van der Waals surface area contributed by atoms with Gasteiger partial charge in [-0.05, 0) is 19.6 Å². The van der Waals surface area contributed by atoms with Gasteiger partial charge in [0.25, 0.3) is 0 Å². The van der Waals surface area contributed by atoms with Crippen molar-refractivity contribution in [3.8, 4) is 0 Å². The molecule has 0 saturated heterocycles. The topological polar surface area (TPSA) is 20.2 Å². The van der Waals surface area contributed by atoms with Crippen molar-refractivity contribution in [1.29, 1.82) is 0 Å². The third kappa shape index (κ3) is 22.5. The molecule has 1 N–H and O–H groups in total. The van der Waals surface area contributed by atoms with Crippen molar-refractivity contribution < 1.29 is 4.80 Å². The van der Waals surface area contributed by atoms with Crippen molar-refractivity contribution in [3.63, 3.8) is 0 Å². The standard InChI is InChI=1S/C6H5.C3H10OSi.Mg/c1-2-4-6-5-3-1;1-5(2,3)4;/h1-5H;4H,1-3H3;/q-1;;+2. The van der Waals surface area contributed by atoms with Crippen molar-refractivity contribution in [2.24, 2.45) is 0 Å². The molecular formula is C9H15MgOSi+. The van der Waals surface area contributed by atoms with Crippen molar-refractivity contribution >= 4 is 31.4 Å². The van der Waals surface area contributed by atoms with Gasteiger partial charge in [0.15, 0.2) is 8.32 Å². The Hall–Kier alpha value is 0.163. The van der Waals surface area contributed by atoms with Crippen LogP contribution in [0.4, 0.5) is 0 Å². The van der Waals surface area contributed by atoms with E-state index >= 15 is 0 Å². The monoisotopic (exact) mass is 191 g/mol. The largest absolute Gasteiger partial charge is 2.00 e. The Morgan fingerprint density at radius 2 is 1.33 bits per heavy atom. The molecule has 0 amide bonds. The quantitative estimate of drug-likeness (QED) is 0.491. The van der Waals surface area contributed by atoms with Crippen molar-refractivity contribution in [2.45, 2.75) is 19.6 Å². The van der Waals surface area contributed by atoms with Crippen LogP contribution in [0.25, 0.3) is 0 Å². The van der Waals surface area contributed by atoms with Crippen LogP contribution < -0.4 is 0 Å². The summed E-state index contributed by atoms with van der Waals surface area (Å²) in [5.74, 6) is 0. The fourth-order valence-electron chi connectivity index (χ4n) is 0.342. The zero-order valence-corrected chi connectivity index (χ0v) is 10.5. The van der Waals surface area contributed by atoms with Gasteiger partial charge in [0.1, 0.15) is 0 Å². The molecule has 0 aliphatic heterocycles. The fourth-order valence-corrected chi connectivity index (χ4v) is 0.342. The summed E-state index contributed by atoms with van der Waals surface area (Å²) in [5.41, 5.74) is 0. The number of benzene rings is 1. The van der Waals surface area contributed by atoms with Crippen molar-refractivity contribution in [3.05, 3.63) is 36.4 Å². The van der Waals surface area contributed by atoms with Gasteiger partial charge in [-0.15, -0.1) is 0 Å². The maximum atomic E-state index is 8.66. The molecule has 0 aliphatic rings. The van der Waals surface area contributed by atoms with E-state index in [4.69, 9.17) is 4.80 Å². The number of rotatable bonds is 0. The van der Waals surface area contributed by atoms with Gasteiger partial charge in [-0.3, -0.25) is 0 Å². The molecule has 0 aromatic heterocycles. The molecule has 1 aromatic rings. The summed E-state index contributed by atoms with van der Waals surface area (Å²) < 4.78 is 0. The summed E-state index contributed by atoms with van der Waals surface area (Å²) >= 11 is 0. The summed E-state index contributed by atoms with van der Waals surface area (Å²) in [7, 11) is -1.61. The average Bonchev–Trinajstić information content (AvgIpc) is 1.88. The van der Waals surface area contributed by atoms with Gasteiger partial charge in [-0.1, -0.05) is 0 Å². The summed E-state index contributed by atoms with van der Waals surface area (Å²) in [6, 6.07) is 12.5. The smallest absolute Gasteiger partial charge is 0.433 e. The predicted octanol–water partition coefficient (Wildman–Crippen LogP) is 1.92. The zero-order chi connectivity index (χ0) is 8.74. The molecule has 0 radical (unpaired) electrons. The Balaban J connectivity index is 0. The van der Waals surface area contributed by atoms with Crippen LogP contribution in [0.2, 0.25) is 19.6 Å². The van der Waals surface area contributed by atoms with E-state index < -0.39 is 8.32 Å². The molecule has 0 fully saturated rings. The molecule has 0 unspecified atom stereocenters. The van der Waals surface area contributed by atoms with Crippen LogP contribution >= 0.6 is 0 Å². The second kappa shape index (κ2) is 7.79. The minimum absolute atomic E-state index is 0. The maximum absolute atomic E-state index is 8.66. The van der Waals surface area contributed by atoms with Gasteiger partial charge in [-0.2, -0.15) is 36.4 Å². The van der Waals surface area contributed by atoms with E-state index in [1.165, 1.54) is 0 Å². The van der Waals surface area contributed by atoms with Gasteiger partial charge in [-0.25, -0.2) is 0 Å². The van der Waals surface area contributed by atoms with E-state index in [0.29, 0.717) is 0 Å². The molecule has 0 heterocycles. The fraction of sp³-hybridized carbons (Fsp3) is 0.333. The first-order valence-electron chi connectivity index (χ1n) is 3.63. The van der Waals surface area contributed by atoms with Gasteiger partial charge < -0.3 is 4.80 Å². The first kappa shape index (κ1) is 14.7.